The van der Waals surface area contributed by atoms with E-state index in [1.165, 1.54) is 25.7 Å². The molecular formula is C19H32N4O2. The van der Waals surface area contributed by atoms with Gasteiger partial charge in [-0.3, -0.25) is 9.89 Å². The minimum atomic E-state index is 0.228. The fourth-order valence-corrected chi connectivity index (χ4v) is 3.66. The first-order valence-corrected chi connectivity index (χ1v) is 9.78. The van der Waals surface area contributed by atoms with Crippen LogP contribution in [0.5, 0.6) is 0 Å². The maximum atomic E-state index is 5.69. The normalized spacial score (nSPS) is 23.1. The molecule has 2 atom stereocenters. The number of aliphatic imine (C=N–C) groups is 1. The van der Waals surface area contributed by atoms with Crippen molar-refractivity contribution < 1.29 is 9.15 Å². The molecular weight excluding hydrogens is 316 g/mol. The van der Waals surface area contributed by atoms with Crippen molar-refractivity contribution in [2.45, 2.75) is 51.2 Å². The largest absolute Gasteiger partial charge is 0.468 e. The van der Waals surface area contributed by atoms with Gasteiger partial charge >= 0.3 is 0 Å². The molecule has 2 unspecified atom stereocenters. The van der Waals surface area contributed by atoms with Gasteiger partial charge < -0.3 is 19.8 Å². The van der Waals surface area contributed by atoms with Crippen LogP contribution in [0.1, 0.15) is 50.8 Å². The molecule has 2 aliphatic rings. The van der Waals surface area contributed by atoms with Crippen LogP contribution in [0, 0.1) is 0 Å². The molecule has 0 spiro atoms. The first-order valence-electron chi connectivity index (χ1n) is 9.78. The maximum absolute atomic E-state index is 5.69. The van der Waals surface area contributed by atoms with Crippen LogP contribution >= 0.6 is 0 Å². The summed E-state index contributed by atoms with van der Waals surface area (Å²) in [6.45, 7) is 7.74. The van der Waals surface area contributed by atoms with Crippen LogP contribution < -0.4 is 10.6 Å². The molecule has 2 saturated heterocycles. The Kier molecular flexibility index (Phi) is 7.18. The van der Waals surface area contributed by atoms with E-state index in [0.717, 1.165) is 50.9 Å². The van der Waals surface area contributed by atoms with Crippen LogP contribution in [-0.2, 0) is 4.74 Å². The highest BCUT2D eigenvalue weighted by Crippen LogP contribution is 2.25. The Hall–Kier alpha value is -1.53. The molecule has 0 aromatic carbocycles. The van der Waals surface area contributed by atoms with Gasteiger partial charge in [0.1, 0.15) is 5.76 Å². The van der Waals surface area contributed by atoms with Gasteiger partial charge in [-0.1, -0.05) is 0 Å². The Balaban J connectivity index is 1.55. The number of nitrogens with one attached hydrogen (secondary N) is 2. The molecule has 140 valence electrons. The molecule has 6 nitrogen and oxygen atoms in total. The first kappa shape index (κ1) is 18.3. The summed E-state index contributed by atoms with van der Waals surface area (Å²) in [4.78, 5) is 7.31. The molecule has 25 heavy (non-hydrogen) atoms. The second-order valence-electron chi connectivity index (χ2n) is 6.84. The second kappa shape index (κ2) is 9.82. The van der Waals surface area contributed by atoms with E-state index in [0.29, 0.717) is 12.6 Å². The van der Waals surface area contributed by atoms with Gasteiger partial charge in [0.25, 0.3) is 0 Å². The SMILES string of the molecule is CCNC(=NCC(c1ccco1)N1CCCC1)NCCC1CCCO1. The van der Waals surface area contributed by atoms with Crippen LogP contribution in [0.2, 0.25) is 0 Å². The molecule has 2 aliphatic heterocycles. The monoisotopic (exact) mass is 348 g/mol. The summed E-state index contributed by atoms with van der Waals surface area (Å²) < 4.78 is 11.4. The first-order chi connectivity index (χ1) is 12.4. The molecule has 3 heterocycles. The summed E-state index contributed by atoms with van der Waals surface area (Å²) in [6, 6.07) is 4.26. The topological polar surface area (TPSA) is 62.0 Å². The highest BCUT2D eigenvalue weighted by molar-refractivity contribution is 5.79. The second-order valence-corrected chi connectivity index (χ2v) is 6.84. The van der Waals surface area contributed by atoms with Gasteiger partial charge in [-0.05, 0) is 64.3 Å². The lowest BCUT2D eigenvalue weighted by Crippen LogP contribution is -2.39. The molecule has 3 rings (SSSR count). The fraction of sp³-hybridized carbons (Fsp3) is 0.737. The van der Waals surface area contributed by atoms with Gasteiger partial charge in [0, 0.05) is 19.7 Å². The standard InChI is InChI=1S/C19H32N4O2/c1-2-20-19(21-10-9-16-7-5-13-24-16)22-15-17(18-8-6-14-25-18)23-11-3-4-12-23/h6,8,14,16-17H,2-5,7,9-13,15H2,1H3,(H2,20,21,22). The third-order valence-electron chi connectivity index (χ3n) is 5.00. The third kappa shape index (κ3) is 5.47. The van der Waals surface area contributed by atoms with Crippen LogP contribution in [0.25, 0.3) is 0 Å². The highest BCUT2D eigenvalue weighted by Gasteiger charge is 2.25. The summed E-state index contributed by atoms with van der Waals surface area (Å²) in [5, 5.41) is 6.80. The number of likely N-dealkylation sites (tertiary alicyclic amines) is 1. The molecule has 0 bridgehead atoms. The predicted molar refractivity (Wildman–Crippen MR) is 99.8 cm³/mol. The Morgan fingerprint density at radius 1 is 1.32 bits per heavy atom. The van der Waals surface area contributed by atoms with Gasteiger partial charge in [0.05, 0.1) is 25.0 Å². The van der Waals surface area contributed by atoms with E-state index in [9.17, 15) is 0 Å². The van der Waals surface area contributed by atoms with E-state index in [-0.39, 0.29) is 6.04 Å². The van der Waals surface area contributed by atoms with Gasteiger partial charge in [0.2, 0.25) is 0 Å². The van der Waals surface area contributed by atoms with E-state index in [1.807, 2.05) is 6.07 Å². The minimum absolute atomic E-state index is 0.228. The van der Waals surface area contributed by atoms with Gasteiger partial charge in [0.15, 0.2) is 5.96 Å². The molecule has 0 saturated carbocycles. The highest BCUT2D eigenvalue weighted by atomic mass is 16.5. The lowest BCUT2D eigenvalue weighted by atomic mass is 10.2. The summed E-state index contributed by atoms with van der Waals surface area (Å²) in [5.74, 6) is 1.90. The van der Waals surface area contributed by atoms with Crippen molar-refractivity contribution in [1.29, 1.82) is 0 Å². The summed E-state index contributed by atoms with van der Waals surface area (Å²) >= 11 is 0. The number of hydrogen-bond acceptors (Lipinski definition) is 4. The zero-order valence-corrected chi connectivity index (χ0v) is 15.4. The summed E-state index contributed by atoms with van der Waals surface area (Å²) in [7, 11) is 0. The molecule has 1 aromatic rings. The average Bonchev–Trinajstić information content (AvgIpc) is 3.38. The van der Waals surface area contributed by atoms with Crippen LogP contribution in [0.3, 0.4) is 0 Å². The minimum Gasteiger partial charge on any atom is -0.468 e. The fourth-order valence-electron chi connectivity index (χ4n) is 3.66. The van der Waals surface area contributed by atoms with Gasteiger partial charge in [-0.2, -0.15) is 0 Å². The van der Waals surface area contributed by atoms with Crippen molar-refractivity contribution in [3.8, 4) is 0 Å². The van der Waals surface area contributed by atoms with Crippen LogP contribution in [0.4, 0.5) is 0 Å². The number of hydrogen-bond donors (Lipinski definition) is 2. The van der Waals surface area contributed by atoms with Crippen molar-refractivity contribution in [1.82, 2.24) is 15.5 Å². The number of rotatable bonds is 8. The molecule has 6 heteroatoms. The van der Waals surface area contributed by atoms with E-state index in [4.69, 9.17) is 14.1 Å². The van der Waals surface area contributed by atoms with Gasteiger partial charge in [-0.15, -0.1) is 0 Å². The van der Waals surface area contributed by atoms with Crippen molar-refractivity contribution >= 4 is 5.96 Å². The molecule has 0 amide bonds. The Bertz CT molecular complexity index is 506. The molecule has 0 radical (unpaired) electrons. The number of nitrogens with zero attached hydrogens (tertiary/aromatic N) is 2. The van der Waals surface area contributed by atoms with Gasteiger partial charge in [-0.25, -0.2) is 0 Å². The maximum Gasteiger partial charge on any atom is 0.191 e. The molecule has 1 aromatic heterocycles. The Morgan fingerprint density at radius 2 is 2.20 bits per heavy atom. The van der Waals surface area contributed by atoms with Crippen LogP contribution in [-0.4, -0.2) is 56.3 Å². The number of guanidine groups is 1. The third-order valence-corrected chi connectivity index (χ3v) is 5.00. The zero-order chi connectivity index (χ0) is 17.3. The lowest BCUT2D eigenvalue weighted by molar-refractivity contribution is 0.105. The smallest absolute Gasteiger partial charge is 0.191 e. The molecule has 2 fully saturated rings. The molecule has 2 N–H and O–H groups in total. The quantitative estimate of drug-likeness (QED) is 0.558. The molecule has 0 aliphatic carbocycles. The van der Waals surface area contributed by atoms with E-state index < -0.39 is 0 Å². The van der Waals surface area contributed by atoms with Crippen molar-refractivity contribution in [2.75, 3.05) is 39.3 Å². The van der Waals surface area contributed by atoms with Crippen molar-refractivity contribution in [3.63, 3.8) is 0 Å². The predicted octanol–water partition coefficient (Wildman–Crippen LogP) is 2.54. The van der Waals surface area contributed by atoms with Crippen molar-refractivity contribution in [2.24, 2.45) is 4.99 Å². The Labute approximate surface area is 151 Å². The summed E-state index contributed by atoms with van der Waals surface area (Å²) in [6.07, 6.45) is 8.12. The van der Waals surface area contributed by atoms with E-state index in [1.54, 1.807) is 6.26 Å². The number of ether oxygens (including phenoxy) is 1. The summed E-state index contributed by atoms with van der Waals surface area (Å²) in [5.41, 5.74) is 0. The van der Waals surface area contributed by atoms with Crippen molar-refractivity contribution in [3.05, 3.63) is 24.2 Å². The Morgan fingerprint density at radius 3 is 2.88 bits per heavy atom. The number of furan rings is 1. The lowest BCUT2D eigenvalue weighted by Gasteiger charge is -2.24. The van der Waals surface area contributed by atoms with Crippen LogP contribution in [0.15, 0.2) is 27.8 Å². The zero-order valence-electron chi connectivity index (χ0n) is 15.4. The van der Waals surface area contributed by atoms with E-state index in [2.05, 4.69) is 28.5 Å². The average molecular weight is 348 g/mol. The van der Waals surface area contributed by atoms with E-state index >= 15 is 0 Å².